The van der Waals surface area contributed by atoms with E-state index < -0.39 is 5.41 Å². The number of para-hydroxylation sites is 1. The molecule has 0 unspecified atom stereocenters. The van der Waals surface area contributed by atoms with E-state index in [0.717, 1.165) is 5.75 Å². The van der Waals surface area contributed by atoms with Crippen molar-refractivity contribution < 1.29 is 14.3 Å². The predicted octanol–water partition coefficient (Wildman–Crippen LogP) is 3.58. The van der Waals surface area contributed by atoms with Gasteiger partial charge in [-0.2, -0.15) is 0 Å². The molecule has 0 spiro atoms. The molecule has 2 amide bonds. The number of carbonyl (C=O) groups is 2. The van der Waals surface area contributed by atoms with Crippen LogP contribution in [-0.4, -0.2) is 18.4 Å². The average Bonchev–Trinajstić information content (AvgIpc) is 2.54. The van der Waals surface area contributed by atoms with Gasteiger partial charge in [0, 0.05) is 11.1 Å². The third-order valence-corrected chi connectivity index (χ3v) is 3.21. The maximum absolute atomic E-state index is 11.9. The van der Waals surface area contributed by atoms with Crippen molar-refractivity contribution >= 4 is 17.5 Å². The molecule has 0 heterocycles. The molecule has 5 nitrogen and oxygen atoms in total. The van der Waals surface area contributed by atoms with Crippen LogP contribution >= 0.6 is 0 Å². The second-order valence-corrected chi connectivity index (χ2v) is 6.42. The summed E-state index contributed by atoms with van der Waals surface area (Å²) in [6.45, 7) is 5.33. The summed E-state index contributed by atoms with van der Waals surface area (Å²) >= 11 is 0. The normalized spacial score (nSPS) is 10.8. The van der Waals surface area contributed by atoms with E-state index in [-0.39, 0.29) is 18.4 Å². The van der Waals surface area contributed by atoms with E-state index in [9.17, 15) is 9.59 Å². The maximum Gasteiger partial charge on any atom is 0.243 e. The van der Waals surface area contributed by atoms with E-state index in [1.54, 1.807) is 45.0 Å². The van der Waals surface area contributed by atoms with Crippen LogP contribution in [0, 0.1) is 5.41 Å². The van der Waals surface area contributed by atoms with Crippen molar-refractivity contribution in [2.75, 3.05) is 11.9 Å². The molecule has 0 saturated carbocycles. The fraction of sp³-hybridized carbons (Fsp3) is 0.263. The van der Waals surface area contributed by atoms with E-state index in [4.69, 9.17) is 4.74 Å². The molecule has 0 aliphatic rings. The molecule has 0 aliphatic heterocycles. The zero-order valence-electron chi connectivity index (χ0n) is 14.1. The Kier molecular flexibility index (Phi) is 5.58. The Morgan fingerprint density at radius 1 is 0.917 bits per heavy atom. The number of nitrogens with one attached hydrogen (secondary N) is 2. The summed E-state index contributed by atoms with van der Waals surface area (Å²) in [5, 5.41) is 5.34. The molecule has 0 saturated heterocycles. The van der Waals surface area contributed by atoms with Gasteiger partial charge in [-0.1, -0.05) is 39.0 Å². The van der Waals surface area contributed by atoms with E-state index in [2.05, 4.69) is 10.6 Å². The summed E-state index contributed by atoms with van der Waals surface area (Å²) in [6.07, 6.45) is 0. The lowest BCUT2D eigenvalue weighted by atomic mass is 9.96. The zero-order chi connectivity index (χ0) is 17.6. The van der Waals surface area contributed by atoms with Gasteiger partial charge in [-0.05, 0) is 36.4 Å². The summed E-state index contributed by atoms with van der Waals surface area (Å²) in [5.74, 6) is 0.994. The van der Waals surface area contributed by atoms with Crippen LogP contribution in [0.15, 0.2) is 54.6 Å². The highest BCUT2D eigenvalue weighted by Gasteiger charge is 2.21. The second-order valence-electron chi connectivity index (χ2n) is 6.42. The van der Waals surface area contributed by atoms with Crippen LogP contribution in [0.1, 0.15) is 20.8 Å². The lowest BCUT2D eigenvalue weighted by Gasteiger charge is -2.17. The van der Waals surface area contributed by atoms with Crippen LogP contribution in [0.4, 0.5) is 5.69 Å². The Balaban J connectivity index is 1.85. The number of hydrogen-bond acceptors (Lipinski definition) is 3. The molecule has 24 heavy (non-hydrogen) atoms. The Morgan fingerprint density at radius 3 is 2.08 bits per heavy atom. The van der Waals surface area contributed by atoms with Crippen molar-refractivity contribution in [3.8, 4) is 11.5 Å². The molecule has 5 heteroatoms. The van der Waals surface area contributed by atoms with Crippen LogP contribution in [0.5, 0.6) is 11.5 Å². The smallest absolute Gasteiger partial charge is 0.243 e. The van der Waals surface area contributed by atoms with Gasteiger partial charge in [0.15, 0.2) is 0 Å². The zero-order valence-corrected chi connectivity index (χ0v) is 14.1. The SMILES string of the molecule is CC(C)(C)C(=O)NCC(=O)Nc1ccc(Oc2ccccc2)cc1. The van der Waals surface area contributed by atoms with Gasteiger partial charge in [0.2, 0.25) is 11.8 Å². The lowest BCUT2D eigenvalue weighted by molar-refractivity contribution is -0.130. The number of amides is 2. The molecule has 0 radical (unpaired) electrons. The topological polar surface area (TPSA) is 67.4 Å². The van der Waals surface area contributed by atoms with Gasteiger partial charge in [0.25, 0.3) is 0 Å². The molecule has 2 aromatic rings. The summed E-state index contributed by atoms with van der Waals surface area (Å²) in [7, 11) is 0. The van der Waals surface area contributed by atoms with Gasteiger partial charge in [0.05, 0.1) is 6.54 Å². The van der Waals surface area contributed by atoms with Crippen LogP contribution in [-0.2, 0) is 9.59 Å². The average molecular weight is 326 g/mol. The number of carbonyl (C=O) groups excluding carboxylic acids is 2. The number of benzene rings is 2. The molecule has 2 aromatic carbocycles. The van der Waals surface area contributed by atoms with Crippen LogP contribution in [0.3, 0.4) is 0 Å². The van der Waals surface area contributed by atoms with Crippen molar-refractivity contribution in [3.63, 3.8) is 0 Å². The first kappa shape index (κ1) is 17.5. The molecular weight excluding hydrogens is 304 g/mol. The van der Waals surface area contributed by atoms with Crippen molar-refractivity contribution in [2.45, 2.75) is 20.8 Å². The summed E-state index contributed by atoms with van der Waals surface area (Å²) < 4.78 is 5.69. The molecule has 0 aliphatic carbocycles. The first-order chi connectivity index (χ1) is 11.3. The van der Waals surface area contributed by atoms with Crippen LogP contribution in [0.25, 0.3) is 0 Å². The monoisotopic (exact) mass is 326 g/mol. The van der Waals surface area contributed by atoms with Crippen molar-refractivity contribution in [1.29, 1.82) is 0 Å². The fourth-order valence-electron chi connectivity index (χ4n) is 1.86. The molecule has 126 valence electrons. The minimum absolute atomic E-state index is 0.0572. The largest absolute Gasteiger partial charge is 0.457 e. The highest BCUT2D eigenvalue weighted by atomic mass is 16.5. The van der Waals surface area contributed by atoms with Gasteiger partial charge >= 0.3 is 0 Å². The molecule has 0 atom stereocenters. The summed E-state index contributed by atoms with van der Waals surface area (Å²) in [6, 6.07) is 16.5. The van der Waals surface area contributed by atoms with Gasteiger partial charge in [-0.25, -0.2) is 0 Å². The van der Waals surface area contributed by atoms with Crippen molar-refractivity contribution in [2.24, 2.45) is 5.41 Å². The molecular formula is C19H22N2O3. The Morgan fingerprint density at radius 2 is 1.50 bits per heavy atom. The molecule has 0 aromatic heterocycles. The highest BCUT2D eigenvalue weighted by molar-refractivity contribution is 5.95. The van der Waals surface area contributed by atoms with Crippen LogP contribution < -0.4 is 15.4 Å². The Bertz CT molecular complexity index is 689. The molecule has 2 N–H and O–H groups in total. The Hall–Kier alpha value is -2.82. The minimum Gasteiger partial charge on any atom is -0.457 e. The first-order valence-electron chi connectivity index (χ1n) is 7.76. The van der Waals surface area contributed by atoms with E-state index in [1.807, 2.05) is 30.3 Å². The number of rotatable bonds is 5. The summed E-state index contributed by atoms with van der Waals surface area (Å²) in [4.78, 5) is 23.6. The van der Waals surface area contributed by atoms with E-state index in [0.29, 0.717) is 11.4 Å². The first-order valence-corrected chi connectivity index (χ1v) is 7.76. The number of hydrogen-bond donors (Lipinski definition) is 2. The molecule has 2 rings (SSSR count). The van der Waals surface area contributed by atoms with Crippen molar-refractivity contribution in [1.82, 2.24) is 5.32 Å². The fourth-order valence-corrected chi connectivity index (χ4v) is 1.86. The van der Waals surface area contributed by atoms with Gasteiger partial charge in [-0.15, -0.1) is 0 Å². The molecule has 0 bridgehead atoms. The minimum atomic E-state index is -0.517. The quantitative estimate of drug-likeness (QED) is 0.882. The Labute approximate surface area is 142 Å². The third-order valence-electron chi connectivity index (χ3n) is 3.21. The van der Waals surface area contributed by atoms with Crippen molar-refractivity contribution in [3.05, 3.63) is 54.6 Å². The number of anilines is 1. The predicted molar refractivity (Wildman–Crippen MR) is 94.1 cm³/mol. The lowest BCUT2D eigenvalue weighted by Crippen LogP contribution is -2.39. The third kappa shape index (κ3) is 5.43. The van der Waals surface area contributed by atoms with Gasteiger partial charge in [-0.3, -0.25) is 9.59 Å². The van der Waals surface area contributed by atoms with Gasteiger partial charge in [0.1, 0.15) is 11.5 Å². The molecule has 0 fully saturated rings. The van der Waals surface area contributed by atoms with Crippen LogP contribution in [0.2, 0.25) is 0 Å². The highest BCUT2D eigenvalue weighted by Crippen LogP contribution is 2.22. The van der Waals surface area contributed by atoms with Gasteiger partial charge < -0.3 is 15.4 Å². The summed E-state index contributed by atoms with van der Waals surface area (Å²) in [5.41, 5.74) is 0.127. The maximum atomic E-state index is 11.9. The van der Waals surface area contributed by atoms with E-state index >= 15 is 0 Å². The number of ether oxygens (including phenoxy) is 1. The van der Waals surface area contributed by atoms with E-state index in [1.165, 1.54) is 0 Å². The standard InChI is InChI=1S/C19H22N2O3/c1-19(2,3)18(23)20-13-17(22)21-14-9-11-16(12-10-14)24-15-7-5-4-6-8-15/h4-12H,13H2,1-3H3,(H,20,23)(H,21,22). The second kappa shape index (κ2) is 7.64.